The summed E-state index contributed by atoms with van der Waals surface area (Å²) in [6, 6.07) is 12.9. The molecule has 0 fully saturated rings. The number of anilines is 1. The molecule has 3 rings (SSSR count). The van der Waals surface area contributed by atoms with Gasteiger partial charge in [-0.25, -0.2) is 9.59 Å². The molecule has 0 saturated heterocycles. The van der Waals surface area contributed by atoms with Crippen LogP contribution in [-0.2, 0) is 16.1 Å². The summed E-state index contributed by atoms with van der Waals surface area (Å²) >= 11 is 0. The second kappa shape index (κ2) is 9.05. The van der Waals surface area contributed by atoms with E-state index in [9.17, 15) is 14.4 Å². The van der Waals surface area contributed by atoms with Crippen LogP contribution < -0.4 is 15.7 Å². The van der Waals surface area contributed by atoms with E-state index in [1.54, 1.807) is 42.5 Å². The quantitative estimate of drug-likeness (QED) is 0.482. The molecule has 1 N–H and O–H groups in total. The molecule has 3 aromatic rings. The lowest BCUT2D eigenvalue weighted by Crippen LogP contribution is -2.09. The Morgan fingerprint density at radius 1 is 1.07 bits per heavy atom. The van der Waals surface area contributed by atoms with Crippen LogP contribution in [0, 0.1) is 0 Å². The van der Waals surface area contributed by atoms with Gasteiger partial charge < -0.3 is 19.2 Å². The van der Waals surface area contributed by atoms with Gasteiger partial charge in [0.2, 0.25) is 5.91 Å². The molecule has 7 nitrogen and oxygen atoms in total. The first-order chi connectivity index (χ1) is 14.0. The van der Waals surface area contributed by atoms with Crippen molar-refractivity contribution < 1.29 is 23.5 Å². The Hall–Kier alpha value is -3.61. The summed E-state index contributed by atoms with van der Waals surface area (Å²) < 4.78 is 16.1. The van der Waals surface area contributed by atoms with E-state index in [-0.39, 0.29) is 12.5 Å². The molecule has 0 bridgehead atoms. The number of carbonyl (C=O) groups excluding carboxylic acids is 2. The molecule has 150 valence electrons. The van der Waals surface area contributed by atoms with Crippen molar-refractivity contribution in [2.45, 2.75) is 26.9 Å². The number of hydrogen-bond donors (Lipinski definition) is 1. The largest absolute Gasteiger partial charge is 0.494 e. The minimum absolute atomic E-state index is 0.0888. The molecule has 0 aliphatic heterocycles. The smallest absolute Gasteiger partial charge is 0.338 e. The normalized spacial score (nSPS) is 10.6. The van der Waals surface area contributed by atoms with Crippen molar-refractivity contribution in [2.24, 2.45) is 0 Å². The molecule has 0 aliphatic rings. The fraction of sp³-hybridized carbons (Fsp3) is 0.227. The molecule has 29 heavy (non-hydrogen) atoms. The molecule has 1 amide bonds. The highest BCUT2D eigenvalue weighted by atomic mass is 16.5. The fourth-order valence-corrected chi connectivity index (χ4v) is 2.76. The fourth-order valence-electron chi connectivity index (χ4n) is 2.76. The first-order valence-corrected chi connectivity index (χ1v) is 9.20. The number of nitrogens with one attached hydrogen (secondary N) is 1. The van der Waals surface area contributed by atoms with Gasteiger partial charge in [0, 0.05) is 35.7 Å². The molecule has 0 radical (unpaired) electrons. The summed E-state index contributed by atoms with van der Waals surface area (Å²) in [4.78, 5) is 35.4. The van der Waals surface area contributed by atoms with Crippen molar-refractivity contribution in [3.8, 4) is 5.75 Å². The highest BCUT2D eigenvalue weighted by molar-refractivity contribution is 5.92. The maximum absolute atomic E-state index is 12.3. The molecule has 0 unspecified atom stereocenters. The van der Waals surface area contributed by atoms with Gasteiger partial charge in [0.15, 0.2) is 0 Å². The number of benzene rings is 2. The van der Waals surface area contributed by atoms with Crippen molar-refractivity contribution >= 4 is 28.5 Å². The van der Waals surface area contributed by atoms with Gasteiger partial charge in [-0.2, -0.15) is 0 Å². The number of amides is 1. The van der Waals surface area contributed by atoms with Gasteiger partial charge in [-0.1, -0.05) is 6.92 Å². The summed E-state index contributed by atoms with van der Waals surface area (Å²) in [6.45, 7) is 3.92. The molecule has 2 aromatic carbocycles. The molecule has 0 spiro atoms. The van der Waals surface area contributed by atoms with E-state index in [4.69, 9.17) is 13.9 Å². The standard InChI is InChI=1S/C22H21NO6/c1-3-10-27-18-7-4-15(5-8-18)22(26)28-13-16-11-21(25)29-20-12-17(23-14(2)24)6-9-19(16)20/h4-9,11-12H,3,10,13H2,1-2H3,(H,23,24). The molecule has 7 heteroatoms. The van der Waals surface area contributed by atoms with Crippen LogP contribution in [0.4, 0.5) is 5.69 Å². The van der Waals surface area contributed by atoms with Crippen molar-refractivity contribution in [3.05, 3.63) is 70.1 Å². The van der Waals surface area contributed by atoms with E-state index < -0.39 is 11.6 Å². The van der Waals surface area contributed by atoms with Gasteiger partial charge in [0.1, 0.15) is 17.9 Å². The van der Waals surface area contributed by atoms with Crippen LogP contribution in [0.1, 0.15) is 36.2 Å². The molecular formula is C22H21NO6. The molecule has 1 aromatic heterocycles. The predicted molar refractivity (Wildman–Crippen MR) is 108 cm³/mol. The van der Waals surface area contributed by atoms with Gasteiger partial charge in [0.05, 0.1) is 12.2 Å². The average Bonchev–Trinajstić information content (AvgIpc) is 2.69. The van der Waals surface area contributed by atoms with Crippen molar-refractivity contribution in [1.29, 1.82) is 0 Å². The first kappa shape index (κ1) is 20.1. The maximum Gasteiger partial charge on any atom is 0.338 e. The van der Waals surface area contributed by atoms with E-state index in [0.717, 1.165) is 6.42 Å². The predicted octanol–water partition coefficient (Wildman–Crippen LogP) is 3.90. The zero-order valence-corrected chi connectivity index (χ0v) is 16.2. The number of ether oxygens (including phenoxy) is 2. The van der Waals surface area contributed by atoms with Crippen LogP contribution in [-0.4, -0.2) is 18.5 Å². The third kappa shape index (κ3) is 5.22. The first-order valence-electron chi connectivity index (χ1n) is 9.20. The number of esters is 1. The Morgan fingerprint density at radius 2 is 1.83 bits per heavy atom. The van der Waals surface area contributed by atoms with Gasteiger partial charge in [-0.05, 0) is 42.8 Å². The Balaban J connectivity index is 1.75. The summed E-state index contributed by atoms with van der Waals surface area (Å²) in [5, 5.41) is 3.25. The maximum atomic E-state index is 12.3. The lowest BCUT2D eigenvalue weighted by Gasteiger charge is -2.09. The summed E-state index contributed by atoms with van der Waals surface area (Å²) in [5.74, 6) is -0.0590. The SMILES string of the molecule is CCCOc1ccc(C(=O)OCc2cc(=O)oc3cc(NC(C)=O)ccc23)cc1. The van der Waals surface area contributed by atoms with Crippen molar-refractivity contribution in [2.75, 3.05) is 11.9 Å². The van der Waals surface area contributed by atoms with Crippen molar-refractivity contribution in [1.82, 2.24) is 0 Å². The van der Waals surface area contributed by atoms with E-state index in [2.05, 4.69) is 5.32 Å². The Labute approximate surface area is 167 Å². The second-order valence-corrected chi connectivity index (χ2v) is 6.43. The van der Waals surface area contributed by atoms with E-state index in [1.165, 1.54) is 13.0 Å². The summed E-state index contributed by atoms with van der Waals surface area (Å²) in [5.41, 5.74) is 1.14. The monoisotopic (exact) mass is 395 g/mol. The van der Waals surface area contributed by atoms with Crippen molar-refractivity contribution in [3.63, 3.8) is 0 Å². The van der Waals surface area contributed by atoms with Gasteiger partial charge in [0.25, 0.3) is 0 Å². The van der Waals surface area contributed by atoms with Gasteiger partial charge in [-0.15, -0.1) is 0 Å². The Bertz CT molecular complexity index is 1080. The Kier molecular flexibility index (Phi) is 6.29. The van der Waals surface area contributed by atoms with Crippen LogP contribution in [0.15, 0.2) is 57.7 Å². The molecule has 0 aliphatic carbocycles. The molecule has 1 heterocycles. The Morgan fingerprint density at radius 3 is 2.52 bits per heavy atom. The van der Waals surface area contributed by atoms with E-state index in [0.29, 0.717) is 40.1 Å². The lowest BCUT2D eigenvalue weighted by molar-refractivity contribution is -0.114. The third-order valence-corrected chi connectivity index (χ3v) is 4.07. The van der Waals surface area contributed by atoms with Crippen LogP contribution >= 0.6 is 0 Å². The summed E-state index contributed by atoms with van der Waals surface area (Å²) in [6.07, 6.45) is 0.898. The van der Waals surface area contributed by atoms with E-state index in [1.807, 2.05) is 6.92 Å². The van der Waals surface area contributed by atoms with E-state index >= 15 is 0 Å². The minimum atomic E-state index is -0.569. The topological polar surface area (TPSA) is 94.8 Å². The number of hydrogen-bond acceptors (Lipinski definition) is 6. The number of rotatable bonds is 7. The van der Waals surface area contributed by atoms with Crippen LogP contribution in [0.25, 0.3) is 11.0 Å². The second-order valence-electron chi connectivity index (χ2n) is 6.43. The summed E-state index contributed by atoms with van der Waals surface area (Å²) in [7, 11) is 0. The van der Waals surface area contributed by atoms with Crippen LogP contribution in [0.3, 0.4) is 0 Å². The van der Waals surface area contributed by atoms with Crippen LogP contribution in [0.5, 0.6) is 5.75 Å². The zero-order valence-electron chi connectivity index (χ0n) is 16.2. The minimum Gasteiger partial charge on any atom is -0.494 e. The molecule has 0 saturated carbocycles. The average molecular weight is 395 g/mol. The highest BCUT2D eigenvalue weighted by Crippen LogP contribution is 2.22. The van der Waals surface area contributed by atoms with Gasteiger partial charge in [-0.3, -0.25) is 4.79 Å². The zero-order chi connectivity index (χ0) is 20.8. The highest BCUT2D eigenvalue weighted by Gasteiger charge is 2.12. The number of carbonyl (C=O) groups is 2. The molecular weight excluding hydrogens is 374 g/mol. The van der Waals surface area contributed by atoms with Crippen LogP contribution in [0.2, 0.25) is 0 Å². The van der Waals surface area contributed by atoms with Gasteiger partial charge >= 0.3 is 11.6 Å². The lowest BCUT2D eigenvalue weighted by atomic mass is 10.1. The third-order valence-electron chi connectivity index (χ3n) is 4.07. The molecule has 0 atom stereocenters. The number of fused-ring (bicyclic) bond motifs is 1.